The van der Waals surface area contributed by atoms with Gasteiger partial charge in [0.25, 0.3) is 0 Å². The second-order valence-corrected chi connectivity index (χ2v) is 8.75. The predicted octanol–water partition coefficient (Wildman–Crippen LogP) is 5.04. The van der Waals surface area contributed by atoms with E-state index in [1.54, 1.807) is 29.2 Å². The lowest BCUT2D eigenvalue weighted by molar-refractivity contribution is -0.128. The minimum atomic E-state index is -0.519. The summed E-state index contributed by atoms with van der Waals surface area (Å²) in [5.41, 5.74) is 2.49. The first kappa shape index (κ1) is 23.3. The number of carbonyl (C=O) groups excluding carboxylic acids is 2. The number of aryl methyl sites for hydroxylation is 1. The third-order valence-corrected chi connectivity index (χ3v) is 6.01. The van der Waals surface area contributed by atoms with Gasteiger partial charge in [-0.1, -0.05) is 41.6 Å². The molecule has 164 valence electrons. The number of nitrogens with zero attached hydrogens (tertiary/aromatic N) is 2. The number of hydrogen-bond acceptors (Lipinski definition) is 5. The number of anilines is 1. The van der Waals surface area contributed by atoms with Crippen molar-refractivity contribution in [2.75, 3.05) is 25.1 Å². The van der Waals surface area contributed by atoms with Crippen LogP contribution in [0.2, 0.25) is 5.02 Å². The third-order valence-electron chi connectivity index (χ3n) is 4.60. The van der Waals surface area contributed by atoms with Crippen LogP contribution in [0, 0.1) is 6.92 Å². The summed E-state index contributed by atoms with van der Waals surface area (Å²) >= 11 is 7.31. The number of nitrogens with one attached hydrogen (secondary N) is 1. The molecule has 0 aromatic heterocycles. The average Bonchev–Trinajstić information content (AvgIpc) is 2.99. The minimum absolute atomic E-state index is 0.0603. The highest BCUT2D eigenvalue weighted by Crippen LogP contribution is 2.32. The molecule has 1 N–H and O–H groups in total. The van der Waals surface area contributed by atoms with Crippen molar-refractivity contribution in [3.63, 3.8) is 0 Å². The minimum Gasteiger partial charge on any atom is -0.382 e. The Morgan fingerprint density at radius 3 is 2.81 bits per heavy atom. The molecule has 31 heavy (non-hydrogen) atoms. The van der Waals surface area contributed by atoms with Crippen LogP contribution in [0.4, 0.5) is 11.4 Å². The quantitative estimate of drug-likeness (QED) is 0.533. The Morgan fingerprint density at radius 2 is 2.06 bits per heavy atom. The van der Waals surface area contributed by atoms with Crippen LogP contribution in [-0.2, 0) is 14.3 Å². The molecule has 6 nitrogen and oxygen atoms in total. The number of aliphatic imine (C=N–C) groups is 1. The van der Waals surface area contributed by atoms with Crippen molar-refractivity contribution in [2.45, 2.75) is 31.9 Å². The monoisotopic (exact) mass is 459 g/mol. The molecule has 0 bridgehead atoms. The Labute approximate surface area is 192 Å². The maximum atomic E-state index is 13.1. The largest absolute Gasteiger partial charge is 0.382 e. The number of thioether (sulfide) groups is 1. The van der Waals surface area contributed by atoms with Crippen molar-refractivity contribution in [1.29, 1.82) is 0 Å². The van der Waals surface area contributed by atoms with Crippen LogP contribution < -0.4 is 5.32 Å². The third kappa shape index (κ3) is 6.82. The predicted molar refractivity (Wildman–Crippen MR) is 127 cm³/mol. The number of carbonyl (C=O) groups is 2. The smallest absolute Gasteiger partial charge is 0.242 e. The molecule has 0 spiro atoms. The zero-order valence-electron chi connectivity index (χ0n) is 17.6. The van der Waals surface area contributed by atoms with Gasteiger partial charge >= 0.3 is 0 Å². The van der Waals surface area contributed by atoms with E-state index >= 15 is 0 Å². The number of halogens is 1. The van der Waals surface area contributed by atoms with Crippen molar-refractivity contribution in [3.05, 3.63) is 59.1 Å². The van der Waals surface area contributed by atoms with Gasteiger partial charge in [0.05, 0.1) is 5.69 Å². The van der Waals surface area contributed by atoms with Crippen LogP contribution in [0.15, 0.2) is 53.5 Å². The molecule has 2 aromatic rings. The number of amides is 2. The van der Waals surface area contributed by atoms with Crippen LogP contribution in [-0.4, -0.2) is 46.9 Å². The average molecular weight is 460 g/mol. The maximum Gasteiger partial charge on any atom is 0.242 e. The Bertz CT molecular complexity index is 967. The van der Waals surface area contributed by atoms with E-state index in [0.29, 0.717) is 42.1 Å². The standard InChI is InChI=1S/C23H26ClN3O3S/c1-3-30-12-6-11-27-22(29)20(15-21(28)25-19-10-5-8-17(24)14-19)31-23(27)26-18-9-4-7-16(2)13-18/h4-5,7-10,13-14,20H,3,6,11-12,15H2,1-2H3,(H,25,28). The first-order valence-corrected chi connectivity index (χ1v) is 11.5. The first-order chi connectivity index (χ1) is 15.0. The molecule has 8 heteroatoms. The van der Waals surface area contributed by atoms with Gasteiger partial charge in [-0.15, -0.1) is 0 Å². The van der Waals surface area contributed by atoms with E-state index in [0.717, 1.165) is 11.3 Å². The van der Waals surface area contributed by atoms with Gasteiger partial charge in [-0.05, 0) is 56.2 Å². The summed E-state index contributed by atoms with van der Waals surface area (Å²) in [5, 5.41) is 3.45. The molecule has 1 heterocycles. The fourth-order valence-corrected chi connectivity index (χ4v) is 4.53. The maximum absolute atomic E-state index is 13.1. The van der Waals surface area contributed by atoms with Gasteiger partial charge in [-0.25, -0.2) is 4.99 Å². The zero-order chi connectivity index (χ0) is 22.2. The lowest BCUT2D eigenvalue weighted by atomic mass is 10.2. The van der Waals surface area contributed by atoms with E-state index < -0.39 is 5.25 Å². The molecule has 0 saturated carbocycles. The molecule has 0 radical (unpaired) electrons. The fraction of sp³-hybridized carbons (Fsp3) is 0.348. The number of benzene rings is 2. The number of hydrogen-bond donors (Lipinski definition) is 1. The lowest BCUT2D eigenvalue weighted by Gasteiger charge is -2.16. The SMILES string of the molecule is CCOCCCN1C(=O)C(CC(=O)Nc2cccc(Cl)c2)SC1=Nc1cccc(C)c1. The van der Waals surface area contributed by atoms with Gasteiger partial charge in [0, 0.05) is 36.9 Å². The number of ether oxygens (including phenoxy) is 1. The van der Waals surface area contributed by atoms with Gasteiger partial charge in [0.1, 0.15) is 5.25 Å². The molecule has 0 aliphatic carbocycles. The van der Waals surface area contributed by atoms with Gasteiger partial charge in [0.15, 0.2) is 5.17 Å². The van der Waals surface area contributed by atoms with Crippen LogP contribution in [0.5, 0.6) is 0 Å². The Balaban J connectivity index is 1.72. The zero-order valence-corrected chi connectivity index (χ0v) is 19.2. The molecule has 2 amide bonds. The summed E-state index contributed by atoms with van der Waals surface area (Å²) in [7, 11) is 0. The Hall–Kier alpha value is -2.35. The molecule has 1 atom stereocenters. The van der Waals surface area contributed by atoms with Gasteiger partial charge < -0.3 is 10.1 Å². The molecule has 1 unspecified atom stereocenters. The summed E-state index contributed by atoms with van der Waals surface area (Å²) in [6.45, 7) is 5.65. The highest BCUT2D eigenvalue weighted by molar-refractivity contribution is 8.15. The van der Waals surface area contributed by atoms with E-state index in [-0.39, 0.29) is 18.2 Å². The van der Waals surface area contributed by atoms with Gasteiger partial charge in [-0.3, -0.25) is 14.5 Å². The second kappa shape index (κ2) is 11.3. The highest BCUT2D eigenvalue weighted by atomic mass is 35.5. The van der Waals surface area contributed by atoms with E-state index in [1.165, 1.54) is 11.8 Å². The van der Waals surface area contributed by atoms with Crippen LogP contribution in [0.25, 0.3) is 0 Å². The lowest BCUT2D eigenvalue weighted by Crippen LogP contribution is -2.34. The van der Waals surface area contributed by atoms with E-state index in [4.69, 9.17) is 21.3 Å². The van der Waals surface area contributed by atoms with Crippen LogP contribution >= 0.6 is 23.4 Å². The van der Waals surface area contributed by atoms with E-state index in [9.17, 15) is 9.59 Å². The molecule has 1 saturated heterocycles. The van der Waals surface area contributed by atoms with E-state index in [1.807, 2.05) is 38.1 Å². The summed E-state index contributed by atoms with van der Waals surface area (Å²) in [5.74, 6) is -0.340. The summed E-state index contributed by atoms with van der Waals surface area (Å²) < 4.78 is 5.41. The topological polar surface area (TPSA) is 71.0 Å². The summed E-state index contributed by atoms with van der Waals surface area (Å²) in [4.78, 5) is 32.0. The normalized spacial score (nSPS) is 17.4. The van der Waals surface area contributed by atoms with Crippen molar-refractivity contribution < 1.29 is 14.3 Å². The van der Waals surface area contributed by atoms with Crippen LogP contribution in [0.3, 0.4) is 0 Å². The van der Waals surface area contributed by atoms with Gasteiger partial charge in [0.2, 0.25) is 11.8 Å². The fourth-order valence-electron chi connectivity index (χ4n) is 3.15. The van der Waals surface area contributed by atoms with Crippen molar-refractivity contribution in [2.24, 2.45) is 4.99 Å². The van der Waals surface area contributed by atoms with Crippen molar-refractivity contribution >= 4 is 51.7 Å². The number of rotatable bonds is 9. The molecule has 3 rings (SSSR count). The molecular formula is C23H26ClN3O3S. The highest BCUT2D eigenvalue weighted by Gasteiger charge is 2.38. The summed E-state index contributed by atoms with van der Waals surface area (Å²) in [6.07, 6.45) is 0.763. The Kier molecular flexibility index (Phi) is 8.51. The Morgan fingerprint density at radius 1 is 1.26 bits per heavy atom. The molecule has 1 aliphatic heterocycles. The summed E-state index contributed by atoms with van der Waals surface area (Å²) in [6, 6.07) is 14.7. The molecule has 1 fully saturated rings. The number of amidine groups is 1. The molecule has 1 aliphatic rings. The second-order valence-electron chi connectivity index (χ2n) is 7.14. The molecular weight excluding hydrogens is 434 g/mol. The first-order valence-electron chi connectivity index (χ1n) is 10.2. The molecule has 2 aromatic carbocycles. The van der Waals surface area contributed by atoms with E-state index in [2.05, 4.69) is 5.32 Å². The van der Waals surface area contributed by atoms with Gasteiger partial charge in [-0.2, -0.15) is 0 Å². The van der Waals surface area contributed by atoms with Crippen molar-refractivity contribution in [1.82, 2.24) is 4.90 Å². The van der Waals surface area contributed by atoms with Crippen LogP contribution in [0.1, 0.15) is 25.3 Å². The van der Waals surface area contributed by atoms with Crippen molar-refractivity contribution in [3.8, 4) is 0 Å².